The number of nitrogen functional groups attached to an aromatic ring is 1. The zero-order valence-corrected chi connectivity index (χ0v) is 11.1. The Morgan fingerprint density at radius 3 is 3.00 bits per heavy atom. The van der Waals surface area contributed by atoms with Crippen molar-refractivity contribution in [3.63, 3.8) is 0 Å². The Bertz CT molecular complexity index is 567. The predicted octanol–water partition coefficient (Wildman–Crippen LogP) is 3.15. The molecule has 1 fully saturated rings. The first-order chi connectivity index (χ1) is 9.28. The van der Waals surface area contributed by atoms with E-state index in [2.05, 4.69) is 17.2 Å². The number of hydrogen-bond acceptors (Lipinski definition) is 5. The Hall–Kier alpha value is -1.78. The summed E-state index contributed by atoms with van der Waals surface area (Å²) in [4.78, 5) is 0. The van der Waals surface area contributed by atoms with Gasteiger partial charge in [0.1, 0.15) is 0 Å². The summed E-state index contributed by atoms with van der Waals surface area (Å²) in [6.07, 6.45) is 6.27. The van der Waals surface area contributed by atoms with Gasteiger partial charge in [-0.3, -0.25) is 0 Å². The third-order valence-corrected chi connectivity index (χ3v) is 4.02. The quantitative estimate of drug-likeness (QED) is 0.859. The second-order valence-electron chi connectivity index (χ2n) is 5.30. The van der Waals surface area contributed by atoms with Crippen molar-refractivity contribution in [1.29, 1.82) is 0 Å². The van der Waals surface area contributed by atoms with Crippen LogP contribution in [0.3, 0.4) is 0 Å². The molecule has 1 aromatic carbocycles. The molecule has 0 saturated heterocycles. The van der Waals surface area contributed by atoms with Gasteiger partial charge >= 0.3 is 0 Å². The van der Waals surface area contributed by atoms with Crippen molar-refractivity contribution < 1.29 is 9.37 Å². The van der Waals surface area contributed by atoms with Gasteiger partial charge in [0.15, 0.2) is 16.8 Å². The van der Waals surface area contributed by atoms with Crippen molar-refractivity contribution >= 4 is 16.7 Å². The number of ether oxygens (including phenoxy) is 1. The molecule has 1 aromatic heterocycles. The highest BCUT2D eigenvalue weighted by Gasteiger charge is 2.23. The van der Waals surface area contributed by atoms with Crippen LogP contribution in [0.4, 0.5) is 5.69 Å². The average molecular weight is 261 g/mol. The van der Waals surface area contributed by atoms with E-state index >= 15 is 0 Å². The molecule has 1 aliphatic carbocycles. The first-order valence-electron chi connectivity index (χ1n) is 6.95. The molecule has 0 amide bonds. The van der Waals surface area contributed by atoms with E-state index in [0.717, 1.165) is 24.5 Å². The molecular weight excluding hydrogens is 242 g/mol. The van der Waals surface area contributed by atoms with Crippen LogP contribution in [0.2, 0.25) is 0 Å². The second-order valence-corrected chi connectivity index (χ2v) is 5.30. The van der Waals surface area contributed by atoms with Crippen molar-refractivity contribution in [2.24, 2.45) is 5.92 Å². The fourth-order valence-corrected chi connectivity index (χ4v) is 2.86. The standard InChI is InChI=1S/C14H19N3O2/c1-2-9-4-3-5-10(8-9)18-12-7-6-11(15)13-14(12)17-19-16-13/h6-7,9-10H,2-5,8,15H2,1H3. The third kappa shape index (κ3) is 2.37. The first-order valence-corrected chi connectivity index (χ1v) is 6.95. The maximum Gasteiger partial charge on any atom is 0.179 e. The van der Waals surface area contributed by atoms with Gasteiger partial charge in [-0.1, -0.05) is 19.8 Å². The molecule has 0 aliphatic heterocycles. The Morgan fingerprint density at radius 2 is 2.16 bits per heavy atom. The molecule has 1 saturated carbocycles. The molecule has 0 bridgehead atoms. The number of nitrogens with zero attached hydrogens (tertiary/aromatic N) is 2. The molecule has 102 valence electrons. The van der Waals surface area contributed by atoms with Crippen LogP contribution in [0.1, 0.15) is 39.0 Å². The molecule has 0 spiro atoms. The van der Waals surface area contributed by atoms with E-state index in [-0.39, 0.29) is 6.10 Å². The van der Waals surface area contributed by atoms with Crippen molar-refractivity contribution in [2.45, 2.75) is 45.1 Å². The lowest BCUT2D eigenvalue weighted by Gasteiger charge is -2.28. The highest BCUT2D eigenvalue weighted by molar-refractivity contribution is 5.90. The summed E-state index contributed by atoms with van der Waals surface area (Å²) in [5, 5.41) is 7.71. The van der Waals surface area contributed by atoms with Crippen LogP contribution in [0.25, 0.3) is 11.0 Å². The molecule has 2 unspecified atom stereocenters. The summed E-state index contributed by atoms with van der Waals surface area (Å²) < 4.78 is 10.9. The third-order valence-electron chi connectivity index (χ3n) is 4.02. The van der Waals surface area contributed by atoms with E-state index in [4.69, 9.17) is 15.1 Å². The molecule has 2 aromatic rings. The van der Waals surface area contributed by atoms with Crippen LogP contribution in [0.15, 0.2) is 16.8 Å². The number of hydrogen-bond donors (Lipinski definition) is 1. The SMILES string of the molecule is CCC1CCCC(Oc2ccc(N)c3nonc23)C1. The van der Waals surface area contributed by atoms with E-state index in [0.29, 0.717) is 16.7 Å². The molecule has 2 N–H and O–H groups in total. The van der Waals surface area contributed by atoms with E-state index in [1.165, 1.54) is 19.3 Å². The number of nitrogens with two attached hydrogens (primary N) is 1. The van der Waals surface area contributed by atoms with Gasteiger partial charge in [-0.05, 0) is 47.6 Å². The monoisotopic (exact) mass is 261 g/mol. The van der Waals surface area contributed by atoms with Crippen molar-refractivity contribution in [3.05, 3.63) is 12.1 Å². The summed E-state index contributed by atoms with van der Waals surface area (Å²) in [6, 6.07) is 3.65. The minimum atomic E-state index is 0.266. The molecule has 3 rings (SSSR count). The lowest BCUT2D eigenvalue weighted by molar-refractivity contribution is 0.123. The first kappa shape index (κ1) is 12.3. The summed E-state index contributed by atoms with van der Waals surface area (Å²) in [6.45, 7) is 2.25. The van der Waals surface area contributed by atoms with Crippen molar-refractivity contribution in [3.8, 4) is 5.75 Å². The summed E-state index contributed by atoms with van der Waals surface area (Å²) in [7, 11) is 0. The van der Waals surface area contributed by atoms with Gasteiger partial charge in [-0.25, -0.2) is 4.63 Å². The van der Waals surface area contributed by atoms with Gasteiger partial charge in [-0.2, -0.15) is 0 Å². The van der Waals surface area contributed by atoms with E-state index < -0.39 is 0 Å². The van der Waals surface area contributed by atoms with Crippen LogP contribution in [-0.4, -0.2) is 16.4 Å². The van der Waals surface area contributed by atoms with E-state index in [9.17, 15) is 0 Å². The number of benzene rings is 1. The van der Waals surface area contributed by atoms with Crippen LogP contribution in [0.5, 0.6) is 5.75 Å². The predicted molar refractivity (Wildman–Crippen MR) is 72.9 cm³/mol. The molecule has 1 aliphatic rings. The molecule has 19 heavy (non-hydrogen) atoms. The lowest BCUT2D eigenvalue weighted by Crippen LogP contribution is -2.25. The molecule has 5 heteroatoms. The van der Waals surface area contributed by atoms with Gasteiger partial charge < -0.3 is 10.5 Å². The van der Waals surface area contributed by atoms with E-state index in [1.807, 2.05) is 6.07 Å². The smallest absolute Gasteiger partial charge is 0.179 e. The molecule has 1 heterocycles. The molecule has 5 nitrogen and oxygen atoms in total. The maximum absolute atomic E-state index is 6.10. The summed E-state index contributed by atoms with van der Waals surface area (Å²) in [5.74, 6) is 1.51. The number of aromatic nitrogens is 2. The largest absolute Gasteiger partial charge is 0.488 e. The number of fused-ring (bicyclic) bond motifs is 1. The van der Waals surface area contributed by atoms with Gasteiger partial charge in [-0.15, -0.1) is 0 Å². The van der Waals surface area contributed by atoms with Crippen LogP contribution >= 0.6 is 0 Å². The maximum atomic E-state index is 6.10. The zero-order valence-electron chi connectivity index (χ0n) is 11.1. The second kappa shape index (κ2) is 5.07. The zero-order chi connectivity index (χ0) is 13.2. The summed E-state index contributed by atoms with van der Waals surface area (Å²) >= 11 is 0. The van der Waals surface area contributed by atoms with Crippen molar-refractivity contribution in [2.75, 3.05) is 5.73 Å². The normalized spacial score (nSPS) is 23.6. The molecule has 0 radical (unpaired) electrons. The van der Waals surface area contributed by atoms with Gasteiger partial charge in [0.25, 0.3) is 0 Å². The lowest BCUT2D eigenvalue weighted by atomic mass is 9.85. The van der Waals surface area contributed by atoms with E-state index in [1.54, 1.807) is 6.07 Å². The molecule has 2 atom stereocenters. The average Bonchev–Trinajstić information content (AvgIpc) is 2.93. The van der Waals surface area contributed by atoms with Gasteiger partial charge in [0.2, 0.25) is 0 Å². The summed E-state index contributed by atoms with van der Waals surface area (Å²) in [5.41, 5.74) is 7.60. The van der Waals surface area contributed by atoms with Gasteiger partial charge in [0.05, 0.1) is 11.8 Å². The van der Waals surface area contributed by atoms with Crippen LogP contribution in [0, 0.1) is 5.92 Å². The van der Waals surface area contributed by atoms with Crippen LogP contribution < -0.4 is 10.5 Å². The van der Waals surface area contributed by atoms with Gasteiger partial charge in [0, 0.05) is 0 Å². The van der Waals surface area contributed by atoms with Crippen LogP contribution in [-0.2, 0) is 0 Å². The highest BCUT2D eigenvalue weighted by Crippen LogP contribution is 2.33. The fourth-order valence-electron chi connectivity index (χ4n) is 2.86. The Labute approximate surface area is 112 Å². The fraction of sp³-hybridized carbons (Fsp3) is 0.571. The Kier molecular flexibility index (Phi) is 3.27. The highest BCUT2D eigenvalue weighted by atomic mass is 16.6. The number of rotatable bonds is 3. The topological polar surface area (TPSA) is 74.2 Å². The Balaban J connectivity index is 1.81. The Morgan fingerprint density at radius 1 is 1.32 bits per heavy atom. The van der Waals surface area contributed by atoms with Crippen molar-refractivity contribution in [1.82, 2.24) is 10.3 Å². The minimum Gasteiger partial charge on any atom is -0.488 e. The molecular formula is C14H19N3O2. The minimum absolute atomic E-state index is 0.266. The number of anilines is 1.